The van der Waals surface area contributed by atoms with Gasteiger partial charge in [-0.2, -0.15) is 11.8 Å². The Morgan fingerprint density at radius 1 is 1.69 bits per heavy atom. The van der Waals surface area contributed by atoms with Crippen LogP contribution in [0.25, 0.3) is 0 Å². The van der Waals surface area contributed by atoms with Gasteiger partial charge in [0.25, 0.3) is 5.91 Å². The molecule has 0 aromatic carbocycles. The van der Waals surface area contributed by atoms with Gasteiger partial charge < -0.3 is 5.32 Å². The lowest BCUT2D eigenvalue weighted by atomic mass is 10.2. The van der Waals surface area contributed by atoms with Gasteiger partial charge in [-0.25, -0.2) is 0 Å². The normalized spacial score (nSPS) is 19.7. The molecule has 86 valence electrons. The number of carbonyl (C=O) groups is 1. The Morgan fingerprint density at radius 2 is 2.56 bits per heavy atom. The molecule has 0 radical (unpaired) electrons. The molecule has 0 spiro atoms. The largest absolute Gasteiger partial charge is 0.351 e. The molecule has 0 saturated carbocycles. The maximum Gasteiger partial charge on any atom is 0.254 e. The molecular formula is C11H13ClN2OS. The number of aromatic nitrogens is 1. The fraction of sp³-hybridized carbons (Fsp3) is 0.455. The predicted octanol–water partition coefficient (Wildman–Crippen LogP) is 2.36. The van der Waals surface area contributed by atoms with E-state index in [0.29, 0.717) is 22.4 Å². The number of halogens is 1. The van der Waals surface area contributed by atoms with Gasteiger partial charge in [-0.3, -0.25) is 9.78 Å². The Hall–Kier alpha value is -0.740. The van der Waals surface area contributed by atoms with Gasteiger partial charge in [-0.05, 0) is 24.7 Å². The second-order valence-electron chi connectivity index (χ2n) is 3.70. The first-order valence-corrected chi connectivity index (χ1v) is 6.69. The van der Waals surface area contributed by atoms with E-state index in [9.17, 15) is 4.79 Å². The summed E-state index contributed by atoms with van der Waals surface area (Å²) in [5.74, 6) is 1.07. The van der Waals surface area contributed by atoms with E-state index in [-0.39, 0.29) is 5.91 Å². The predicted molar refractivity (Wildman–Crippen MR) is 67.1 cm³/mol. The SMILES string of the molecule is O=C(NCC1CCCS1)c1cnccc1Cl. The van der Waals surface area contributed by atoms with E-state index >= 15 is 0 Å². The summed E-state index contributed by atoms with van der Waals surface area (Å²) >= 11 is 7.83. The topological polar surface area (TPSA) is 42.0 Å². The molecule has 2 heterocycles. The zero-order chi connectivity index (χ0) is 11.4. The fourth-order valence-corrected chi connectivity index (χ4v) is 3.04. The molecule has 5 heteroatoms. The molecule has 1 aliphatic heterocycles. The third-order valence-electron chi connectivity index (χ3n) is 2.53. The summed E-state index contributed by atoms with van der Waals surface area (Å²) in [5, 5.41) is 3.90. The van der Waals surface area contributed by atoms with Crippen LogP contribution in [0.3, 0.4) is 0 Å². The number of carbonyl (C=O) groups excluding carboxylic acids is 1. The highest BCUT2D eigenvalue weighted by Gasteiger charge is 2.17. The highest BCUT2D eigenvalue weighted by atomic mass is 35.5. The summed E-state index contributed by atoms with van der Waals surface area (Å²) in [6.07, 6.45) is 5.51. The Kier molecular flexibility index (Phi) is 4.07. The summed E-state index contributed by atoms with van der Waals surface area (Å²) in [7, 11) is 0. The standard InChI is InChI=1S/C11H13ClN2OS/c12-10-3-4-13-7-9(10)11(15)14-6-8-2-1-5-16-8/h3-4,7-8H,1-2,5-6H2,(H,14,15). The minimum absolute atomic E-state index is 0.134. The molecule has 1 atom stereocenters. The number of thioether (sulfide) groups is 1. The van der Waals surface area contributed by atoms with Gasteiger partial charge in [-0.1, -0.05) is 11.6 Å². The molecule has 16 heavy (non-hydrogen) atoms. The van der Waals surface area contributed by atoms with Gasteiger partial charge in [0.15, 0.2) is 0 Å². The van der Waals surface area contributed by atoms with Crippen molar-refractivity contribution in [2.45, 2.75) is 18.1 Å². The summed E-state index contributed by atoms with van der Waals surface area (Å²) < 4.78 is 0. The minimum atomic E-state index is -0.134. The number of nitrogens with one attached hydrogen (secondary N) is 1. The molecule has 2 rings (SSSR count). The smallest absolute Gasteiger partial charge is 0.254 e. The first-order chi connectivity index (χ1) is 7.77. The maximum atomic E-state index is 11.8. The van der Waals surface area contributed by atoms with Crippen LogP contribution in [0.1, 0.15) is 23.2 Å². The van der Waals surface area contributed by atoms with Crippen LogP contribution in [-0.4, -0.2) is 28.4 Å². The van der Waals surface area contributed by atoms with Crippen molar-refractivity contribution in [1.82, 2.24) is 10.3 Å². The van der Waals surface area contributed by atoms with E-state index in [0.717, 1.165) is 0 Å². The van der Waals surface area contributed by atoms with Crippen molar-refractivity contribution >= 4 is 29.3 Å². The van der Waals surface area contributed by atoms with E-state index in [1.807, 2.05) is 11.8 Å². The molecule has 1 aliphatic rings. The van der Waals surface area contributed by atoms with Crippen LogP contribution in [0.15, 0.2) is 18.5 Å². The second kappa shape index (κ2) is 5.55. The van der Waals surface area contributed by atoms with E-state index < -0.39 is 0 Å². The summed E-state index contributed by atoms with van der Waals surface area (Å²) in [6, 6.07) is 1.63. The first kappa shape index (κ1) is 11.7. The van der Waals surface area contributed by atoms with E-state index in [1.165, 1.54) is 24.8 Å². The van der Waals surface area contributed by atoms with Crippen molar-refractivity contribution in [2.24, 2.45) is 0 Å². The molecule has 0 bridgehead atoms. The zero-order valence-corrected chi connectivity index (χ0v) is 10.4. The van der Waals surface area contributed by atoms with E-state index in [1.54, 1.807) is 12.3 Å². The quantitative estimate of drug-likeness (QED) is 0.903. The van der Waals surface area contributed by atoms with Crippen molar-refractivity contribution in [3.05, 3.63) is 29.0 Å². The van der Waals surface area contributed by atoms with Crippen LogP contribution in [-0.2, 0) is 0 Å². The number of nitrogens with zero attached hydrogens (tertiary/aromatic N) is 1. The molecule has 3 nitrogen and oxygen atoms in total. The first-order valence-electron chi connectivity index (χ1n) is 5.26. The van der Waals surface area contributed by atoms with Gasteiger partial charge in [0.1, 0.15) is 0 Å². The number of rotatable bonds is 3. The number of hydrogen-bond acceptors (Lipinski definition) is 3. The monoisotopic (exact) mass is 256 g/mol. The van der Waals surface area contributed by atoms with E-state index in [2.05, 4.69) is 10.3 Å². The van der Waals surface area contributed by atoms with Crippen molar-refractivity contribution in [2.75, 3.05) is 12.3 Å². The van der Waals surface area contributed by atoms with Crippen LogP contribution in [0.2, 0.25) is 5.02 Å². The average molecular weight is 257 g/mol. The van der Waals surface area contributed by atoms with Gasteiger partial charge in [0.2, 0.25) is 0 Å². The van der Waals surface area contributed by atoms with Crippen LogP contribution in [0.4, 0.5) is 0 Å². The number of amides is 1. The molecule has 1 fully saturated rings. The Labute approximate surface area is 104 Å². The lowest BCUT2D eigenvalue weighted by Crippen LogP contribution is -2.29. The van der Waals surface area contributed by atoms with Gasteiger partial charge >= 0.3 is 0 Å². The van der Waals surface area contributed by atoms with Gasteiger partial charge in [-0.15, -0.1) is 0 Å². The summed E-state index contributed by atoms with van der Waals surface area (Å²) in [6.45, 7) is 0.717. The molecule has 1 amide bonds. The van der Waals surface area contributed by atoms with Crippen LogP contribution in [0, 0.1) is 0 Å². The molecule has 0 aliphatic carbocycles. The van der Waals surface area contributed by atoms with Crippen LogP contribution in [0.5, 0.6) is 0 Å². The maximum absolute atomic E-state index is 11.8. The van der Waals surface area contributed by atoms with Crippen molar-refractivity contribution in [3.63, 3.8) is 0 Å². The molecule has 1 aromatic heterocycles. The van der Waals surface area contributed by atoms with E-state index in [4.69, 9.17) is 11.6 Å². The zero-order valence-electron chi connectivity index (χ0n) is 8.78. The Morgan fingerprint density at radius 3 is 3.25 bits per heavy atom. The number of hydrogen-bond donors (Lipinski definition) is 1. The minimum Gasteiger partial charge on any atom is -0.351 e. The highest BCUT2D eigenvalue weighted by molar-refractivity contribution is 8.00. The molecule has 1 aromatic rings. The summed E-state index contributed by atoms with van der Waals surface area (Å²) in [4.78, 5) is 15.7. The Balaban J connectivity index is 1.90. The van der Waals surface area contributed by atoms with Crippen molar-refractivity contribution < 1.29 is 4.79 Å². The summed E-state index contributed by atoms with van der Waals surface area (Å²) in [5.41, 5.74) is 0.451. The Bertz CT molecular complexity index is 380. The third kappa shape index (κ3) is 2.89. The lowest BCUT2D eigenvalue weighted by molar-refractivity contribution is 0.0953. The van der Waals surface area contributed by atoms with Crippen molar-refractivity contribution in [3.8, 4) is 0 Å². The average Bonchev–Trinajstić information content (AvgIpc) is 2.79. The molecular weight excluding hydrogens is 244 g/mol. The molecule has 1 saturated heterocycles. The lowest BCUT2D eigenvalue weighted by Gasteiger charge is -2.10. The van der Waals surface area contributed by atoms with Gasteiger partial charge in [0.05, 0.1) is 10.6 Å². The van der Waals surface area contributed by atoms with Crippen LogP contribution < -0.4 is 5.32 Å². The highest BCUT2D eigenvalue weighted by Crippen LogP contribution is 2.25. The molecule has 1 N–H and O–H groups in total. The van der Waals surface area contributed by atoms with Crippen LogP contribution >= 0.6 is 23.4 Å². The molecule has 1 unspecified atom stereocenters. The van der Waals surface area contributed by atoms with Gasteiger partial charge in [0, 0.05) is 24.2 Å². The van der Waals surface area contributed by atoms with Crippen molar-refractivity contribution in [1.29, 1.82) is 0 Å². The second-order valence-corrected chi connectivity index (χ2v) is 5.52. The fourth-order valence-electron chi connectivity index (χ4n) is 1.65. The third-order valence-corrected chi connectivity index (χ3v) is 4.25. The number of pyridine rings is 1.